The highest BCUT2D eigenvalue weighted by Crippen LogP contribution is 2.29. The Labute approximate surface area is 195 Å². The standard InChI is InChI=1S/C24H31N3O5S/c1-17-8-4-7-11-22(17)33(30,31)26-24(29)25-21(16-18-9-5-6-10-18)23(28)27(2)19-12-14-20(32-3)15-13-19/h4,7-8,11-15,18,21H,5-6,9-10,16H2,1-3H3,(H2,25,26,29). The molecule has 8 nitrogen and oxygen atoms in total. The molecule has 1 unspecified atom stereocenters. The van der Waals surface area contributed by atoms with Gasteiger partial charge in [-0.3, -0.25) is 4.79 Å². The summed E-state index contributed by atoms with van der Waals surface area (Å²) in [5, 5.41) is 2.62. The zero-order valence-electron chi connectivity index (χ0n) is 19.2. The number of carbonyl (C=O) groups is 2. The molecule has 1 atom stereocenters. The second-order valence-corrected chi connectivity index (χ2v) is 10.0. The molecular weight excluding hydrogens is 442 g/mol. The summed E-state index contributed by atoms with van der Waals surface area (Å²) in [5.74, 6) is 0.660. The summed E-state index contributed by atoms with van der Waals surface area (Å²) in [4.78, 5) is 27.5. The van der Waals surface area contributed by atoms with E-state index >= 15 is 0 Å². The van der Waals surface area contributed by atoms with Crippen molar-refractivity contribution in [3.05, 3.63) is 54.1 Å². The predicted molar refractivity (Wildman–Crippen MR) is 127 cm³/mol. The van der Waals surface area contributed by atoms with Crippen molar-refractivity contribution in [1.82, 2.24) is 10.0 Å². The first-order valence-corrected chi connectivity index (χ1v) is 12.5. The minimum absolute atomic E-state index is 0.0224. The first-order valence-electron chi connectivity index (χ1n) is 11.0. The molecule has 1 saturated carbocycles. The number of urea groups is 1. The number of rotatable bonds is 8. The normalized spacial score (nSPS) is 15.0. The molecule has 9 heteroatoms. The van der Waals surface area contributed by atoms with Gasteiger partial charge in [-0.05, 0) is 55.2 Å². The van der Waals surface area contributed by atoms with Crippen molar-refractivity contribution >= 4 is 27.6 Å². The van der Waals surface area contributed by atoms with E-state index in [-0.39, 0.29) is 10.8 Å². The van der Waals surface area contributed by atoms with Gasteiger partial charge in [0.1, 0.15) is 11.8 Å². The van der Waals surface area contributed by atoms with Crippen molar-refractivity contribution < 1.29 is 22.7 Å². The van der Waals surface area contributed by atoms with E-state index < -0.39 is 22.1 Å². The lowest BCUT2D eigenvalue weighted by Gasteiger charge is -2.26. The van der Waals surface area contributed by atoms with Gasteiger partial charge < -0.3 is 15.0 Å². The molecule has 1 aliphatic carbocycles. The Morgan fingerprint density at radius 1 is 1.09 bits per heavy atom. The van der Waals surface area contributed by atoms with E-state index in [1.165, 1.54) is 11.0 Å². The zero-order valence-corrected chi connectivity index (χ0v) is 20.0. The fourth-order valence-corrected chi connectivity index (χ4v) is 5.35. The summed E-state index contributed by atoms with van der Waals surface area (Å²) in [6.45, 7) is 1.66. The Balaban J connectivity index is 1.75. The van der Waals surface area contributed by atoms with E-state index in [1.807, 2.05) is 0 Å². The quantitative estimate of drug-likeness (QED) is 0.610. The summed E-state index contributed by atoms with van der Waals surface area (Å²) in [7, 11) is -0.871. The largest absolute Gasteiger partial charge is 0.497 e. The minimum Gasteiger partial charge on any atom is -0.497 e. The maximum atomic E-state index is 13.3. The number of anilines is 1. The van der Waals surface area contributed by atoms with Crippen molar-refractivity contribution in [1.29, 1.82) is 0 Å². The van der Waals surface area contributed by atoms with Crippen LogP contribution in [0.5, 0.6) is 5.75 Å². The maximum absolute atomic E-state index is 13.3. The highest BCUT2D eigenvalue weighted by molar-refractivity contribution is 7.90. The molecule has 0 aliphatic heterocycles. The number of benzene rings is 2. The number of likely N-dealkylation sites (N-methyl/N-ethyl adjacent to an activating group) is 1. The second kappa shape index (κ2) is 10.7. The van der Waals surface area contributed by atoms with Crippen LogP contribution < -0.4 is 19.7 Å². The van der Waals surface area contributed by atoms with Gasteiger partial charge in [0.15, 0.2) is 0 Å². The number of sulfonamides is 1. The van der Waals surface area contributed by atoms with Crippen LogP contribution in [0.25, 0.3) is 0 Å². The van der Waals surface area contributed by atoms with Gasteiger partial charge in [0.25, 0.3) is 10.0 Å². The molecule has 0 aromatic heterocycles. The van der Waals surface area contributed by atoms with E-state index in [1.54, 1.807) is 63.5 Å². The van der Waals surface area contributed by atoms with Crippen LogP contribution in [-0.4, -0.2) is 40.6 Å². The van der Waals surface area contributed by atoms with E-state index in [2.05, 4.69) is 10.0 Å². The molecule has 0 heterocycles. The monoisotopic (exact) mass is 473 g/mol. The molecule has 2 N–H and O–H groups in total. The summed E-state index contributed by atoms with van der Waals surface area (Å²) in [6, 6.07) is 11.6. The van der Waals surface area contributed by atoms with E-state index in [4.69, 9.17) is 4.74 Å². The van der Waals surface area contributed by atoms with Gasteiger partial charge in [-0.1, -0.05) is 43.9 Å². The van der Waals surface area contributed by atoms with Gasteiger partial charge in [-0.25, -0.2) is 17.9 Å². The average molecular weight is 474 g/mol. The molecule has 33 heavy (non-hydrogen) atoms. The summed E-state index contributed by atoms with van der Waals surface area (Å²) >= 11 is 0. The van der Waals surface area contributed by atoms with Gasteiger partial charge in [0.05, 0.1) is 12.0 Å². The third-order valence-electron chi connectivity index (χ3n) is 6.05. The molecule has 3 amide bonds. The molecule has 0 saturated heterocycles. The molecule has 178 valence electrons. The van der Waals surface area contributed by atoms with Crippen LogP contribution in [0.4, 0.5) is 10.5 Å². The maximum Gasteiger partial charge on any atom is 0.329 e. The van der Waals surface area contributed by atoms with E-state index in [0.717, 1.165) is 25.7 Å². The number of aryl methyl sites for hydroxylation is 1. The number of methoxy groups -OCH3 is 1. The Morgan fingerprint density at radius 3 is 2.33 bits per heavy atom. The molecule has 0 bridgehead atoms. The first-order chi connectivity index (χ1) is 15.7. The van der Waals surface area contributed by atoms with Crippen LogP contribution in [0.1, 0.15) is 37.7 Å². The summed E-state index contributed by atoms with van der Waals surface area (Å²) in [5.41, 5.74) is 1.17. The topological polar surface area (TPSA) is 105 Å². The zero-order chi connectivity index (χ0) is 24.0. The van der Waals surface area contributed by atoms with Crippen molar-refractivity contribution in [2.45, 2.75) is 50.0 Å². The molecular formula is C24H31N3O5S. The van der Waals surface area contributed by atoms with Gasteiger partial charge in [0, 0.05) is 12.7 Å². The molecule has 0 radical (unpaired) electrons. The van der Waals surface area contributed by atoms with Crippen LogP contribution >= 0.6 is 0 Å². The molecule has 2 aromatic rings. The van der Waals surface area contributed by atoms with Crippen LogP contribution in [0, 0.1) is 12.8 Å². The minimum atomic E-state index is -4.07. The van der Waals surface area contributed by atoms with Crippen molar-refractivity contribution in [2.24, 2.45) is 5.92 Å². The van der Waals surface area contributed by atoms with Crippen LogP contribution in [-0.2, 0) is 14.8 Å². The van der Waals surface area contributed by atoms with Crippen molar-refractivity contribution in [3.8, 4) is 5.75 Å². The fraction of sp³-hybridized carbons (Fsp3) is 0.417. The molecule has 3 rings (SSSR count). The van der Waals surface area contributed by atoms with Crippen molar-refractivity contribution in [2.75, 3.05) is 19.1 Å². The third-order valence-corrected chi connectivity index (χ3v) is 7.54. The highest BCUT2D eigenvalue weighted by atomic mass is 32.2. The Hall–Kier alpha value is -3.07. The van der Waals surface area contributed by atoms with Gasteiger partial charge in [-0.2, -0.15) is 0 Å². The first kappa shape index (κ1) is 24.6. The fourth-order valence-electron chi connectivity index (χ4n) is 4.19. The number of hydrogen-bond donors (Lipinski definition) is 2. The number of ether oxygens (including phenoxy) is 1. The van der Waals surface area contributed by atoms with Crippen LogP contribution in [0.2, 0.25) is 0 Å². The Morgan fingerprint density at radius 2 is 1.73 bits per heavy atom. The number of nitrogens with zero attached hydrogens (tertiary/aromatic N) is 1. The average Bonchev–Trinajstić information content (AvgIpc) is 3.30. The number of nitrogens with one attached hydrogen (secondary N) is 2. The van der Waals surface area contributed by atoms with E-state index in [0.29, 0.717) is 29.3 Å². The van der Waals surface area contributed by atoms with Gasteiger partial charge >= 0.3 is 6.03 Å². The van der Waals surface area contributed by atoms with Gasteiger partial charge in [0.2, 0.25) is 5.91 Å². The predicted octanol–water partition coefficient (Wildman–Crippen LogP) is 3.60. The highest BCUT2D eigenvalue weighted by Gasteiger charge is 2.30. The lowest BCUT2D eigenvalue weighted by atomic mass is 9.97. The second-order valence-electron chi connectivity index (χ2n) is 8.38. The van der Waals surface area contributed by atoms with Crippen molar-refractivity contribution in [3.63, 3.8) is 0 Å². The Kier molecular flexibility index (Phi) is 7.97. The summed E-state index contributed by atoms with van der Waals surface area (Å²) in [6.07, 6.45) is 4.61. The molecule has 2 aromatic carbocycles. The Bertz CT molecular complexity index is 1080. The smallest absolute Gasteiger partial charge is 0.329 e. The SMILES string of the molecule is COc1ccc(N(C)C(=O)C(CC2CCCC2)NC(=O)NS(=O)(=O)c2ccccc2C)cc1. The van der Waals surface area contributed by atoms with E-state index in [9.17, 15) is 18.0 Å². The number of hydrogen-bond acceptors (Lipinski definition) is 5. The van der Waals surface area contributed by atoms with Crippen LogP contribution in [0.3, 0.4) is 0 Å². The molecule has 1 fully saturated rings. The lowest BCUT2D eigenvalue weighted by Crippen LogP contribution is -2.52. The van der Waals surface area contributed by atoms with Crippen LogP contribution in [0.15, 0.2) is 53.4 Å². The lowest BCUT2D eigenvalue weighted by molar-refractivity contribution is -0.120. The summed E-state index contributed by atoms with van der Waals surface area (Å²) < 4.78 is 32.6. The number of amides is 3. The van der Waals surface area contributed by atoms with Gasteiger partial charge in [-0.15, -0.1) is 0 Å². The number of carbonyl (C=O) groups excluding carboxylic acids is 2. The third kappa shape index (κ3) is 6.25. The molecule has 1 aliphatic rings. The molecule has 0 spiro atoms.